The van der Waals surface area contributed by atoms with Gasteiger partial charge in [0.15, 0.2) is 0 Å². The van der Waals surface area contributed by atoms with Crippen LogP contribution in [0.5, 0.6) is 0 Å². The number of rotatable bonds is 5. The van der Waals surface area contributed by atoms with Gasteiger partial charge in [-0.2, -0.15) is 0 Å². The van der Waals surface area contributed by atoms with Crippen LogP contribution in [0.3, 0.4) is 0 Å². The Morgan fingerprint density at radius 2 is 2.29 bits per heavy atom. The summed E-state index contributed by atoms with van der Waals surface area (Å²) in [6.45, 7) is 6.00. The average Bonchev–Trinajstić information content (AvgIpc) is 2.71. The molecule has 0 aromatic rings. The van der Waals surface area contributed by atoms with Crippen molar-refractivity contribution in [1.82, 2.24) is 10.6 Å². The molecule has 0 aromatic carbocycles. The molecular formula is C11H18N2O. The second-order valence-electron chi connectivity index (χ2n) is 4.50. The fraction of sp³-hybridized carbons (Fsp3) is 0.727. The van der Waals surface area contributed by atoms with Gasteiger partial charge in [0.05, 0.1) is 13.1 Å². The highest BCUT2D eigenvalue weighted by molar-refractivity contribution is 5.78. The number of nitrogens with one attached hydrogen (secondary N) is 2. The largest absolute Gasteiger partial charge is 0.355 e. The van der Waals surface area contributed by atoms with Crippen LogP contribution in [0.25, 0.3) is 0 Å². The van der Waals surface area contributed by atoms with E-state index in [0.29, 0.717) is 24.4 Å². The Labute approximate surface area is 85.6 Å². The summed E-state index contributed by atoms with van der Waals surface area (Å²) < 4.78 is 0. The number of hydrogen-bond donors (Lipinski definition) is 2. The minimum atomic E-state index is 0.0305. The lowest BCUT2D eigenvalue weighted by Gasteiger charge is -2.06. The van der Waals surface area contributed by atoms with Gasteiger partial charge in [0.2, 0.25) is 5.91 Å². The maximum absolute atomic E-state index is 11.2. The van der Waals surface area contributed by atoms with Crippen LogP contribution in [-0.2, 0) is 4.79 Å². The molecule has 0 spiro atoms. The fourth-order valence-electron chi connectivity index (χ4n) is 1.47. The Balaban J connectivity index is 2.02. The first-order chi connectivity index (χ1) is 6.56. The minimum absolute atomic E-state index is 0.0305. The molecule has 3 nitrogen and oxygen atoms in total. The SMILES string of the molecule is C#CCNCC(=O)NCC1CC1(C)C. The van der Waals surface area contributed by atoms with Crippen molar-refractivity contribution >= 4 is 5.91 Å². The standard InChI is InChI=1S/C11H18N2O/c1-4-5-12-8-10(14)13-7-9-6-11(9,2)3/h1,9,12H,5-8H2,2-3H3,(H,13,14). The first kappa shape index (κ1) is 11.1. The number of carbonyl (C=O) groups excluding carboxylic acids is 1. The van der Waals surface area contributed by atoms with E-state index in [4.69, 9.17) is 6.42 Å². The zero-order valence-corrected chi connectivity index (χ0v) is 8.89. The van der Waals surface area contributed by atoms with Crippen LogP contribution in [0.15, 0.2) is 0 Å². The van der Waals surface area contributed by atoms with Gasteiger partial charge in [-0.25, -0.2) is 0 Å². The van der Waals surface area contributed by atoms with Crippen molar-refractivity contribution in [1.29, 1.82) is 0 Å². The molecule has 1 fully saturated rings. The summed E-state index contributed by atoms with van der Waals surface area (Å²) >= 11 is 0. The highest BCUT2D eigenvalue weighted by Crippen LogP contribution is 2.50. The summed E-state index contributed by atoms with van der Waals surface area (Å²) in [4.78, 5) is 11.2. The lowest BCUT2D eigenvalue weighted by Crippen LogP contribution is -2.35. The highest BCUT2D eigenvalue weighted by Gasteiger charge is 2.45. The maximum atomic E-state index is 11.2. The summed E-state index contributed by atoms with van der Waals surface area (Å²) in [5, 5.41) is 5.74. The van der Waals surface area contributed by atoms with E-state index in [1.165, 1.54) is 6.42 Å². The van der Waals surface area contributed by atoms with E-state index in [9.17, 15) is 4.79 Å². The van der Waals surface area contributed by atoms with Crippen molar-refractivity contribution in [3.63, 3.8) is 0 Å². The predicted octanol–water partition coefficient (Wildman–Crippen LogP) is 0.371. The summed E-state index contributed by atoms with van der Waals surface area (Å²) in [6.07, 6.45) is 6.25. The molecule has 0 aliphatic heterocycles. The molecule has 2 N–H and O–H groups in total. The van der Waals surface area contributed by atoms with Crippen molar-refractivity contribution in [3.05, 3.63) is 0 Å². The fourth-order valence-corrected chi connectivity index (χ4v) is 1.47. The molecule has 3 heteroatoms. The molecule has 0 saturated heterocycles. The molecule has 1 aliphatic carbocycles. The normalized spacial score (nSPS) is 22.5. The summed E-state index contributed by atoms with van der Waals surface area (Å²) in [7, 11) is 0. The minimum Gasteiger partial charge on any atom is -0.355 e. The number of terminal acetylenes is 1. The third-order valence-electron chi connectivity index (χ3n) is 2.78. The molecule has 1 atom stereocenters. The number of hydrogen-bond acceptors (Lipinski definition) is 2. The molecule has 0 bridgehead atoms. The molecule has 1 amide bonds. The van der Waals surface area contributed by atoms with E-state index < -0.39 is 0 Å². The molecule has 0 heterocycles. The molecule has 1 unspecified atom stereocenters. The van der Waals surface area contributed by atoms with Gasteiger partial charge in [0, 0.05) is 6.54 Å². The van der Waals surface area contributed by atoms with E-state index in [2.05, 4.69) is 30.4 Å². The van der Waals surface area contributed by atoms with Crippen molar-refractivity contribution in [2.45, 2.75) is 20.3 Å². The molecule has 1 saturated carbocycles. The first-order valence-electron chi connectivity index (χ1n) is 4.97. The molecule has 0 aromatic heterocycles. The van der Waals surface area contributed by atoms with Gasteiger partial charge in [-0.05, 0) is 17.8 Å². The molecule has 14 heavy (non-hydrogen) atoms. The van der Waals surface area contributed by atoms with Gasteiger partial charge in [-0.1, -0.05) is 19.8 Å². The van der Waals surface area contributed by atoms with Crippen LogP contribution in [0.2, 0.25) is 0 Å². The molecule has 0 radical (unpaired) electrons. The predicted molar refractivity (Wildman–Crippen MR) is 56.6 cm³/mol. The molecule has 78 valence electrons. The van der Waals surface area contributed by atoms with Gasteiger partial charge in [0.25, 0.3) is 0 Å². The lowest BCUT2D eigenvalue weighted by molar-refractivity contribution is -0.120. The second-order valence-corrected chi connectivity index (χ2v) is 4.50. The maximum Gasteiger partial charge on any atom is 0.233 e. The Morgan fingerprint density at radius 1 is 1.64 bits per heavy atom. The van der Waals surface area contributed by atoms with Gasteiger partial charge in [-0.15, -0.1) is 6.42 Å². The van der Waals surface area contributed by atoms with Gasteiger partial charge in [0.1, 0.15) is 0 Å². The molecule has 1 rings (SSSR count). The Hall–Kier alpha value is -1.01. The van der Waals surface area contributed by atoms with Crippen molar-refractivity contribution in [2.75, 3.05) is 19.6 Å². The van der Waals surface area contributed by atoms with Crippen molar-refractivity contribution in [2.24, 2.45) is 11.3 Å². The Bertz CT molecular complexity index is 253. The third-order valence-corrected chi connectivity index (χ3v) is 2.78. The molecule has 1 aliphatic rings. The van der Waals surface area contributed by atoms with Crippen LogP contribution in [-0.4, -0.2) is 25.5 Å². The van der Waals surface area contributed by atoms with Crippen LogP contribution in [0, 0.1) is 23.7 Å². The average molecular weight is 194 g/mol. The van der Waals surface area contributed by atoms with Crippen LogP contribution in [0.4, 0.5) is 0 Å². The van der Waals surface area contributed by atoms with E-state index in [-0.39, 0.29) is 5.91 Å². The van der Waals surface area contributed by atoms with E-state index >= 15 is 0 Å². The van der Waals surface area contributed by atoms with Crippen molar-refractivity contribution in [3.8, 4) is 12.3 Å². The van der Waals surface area contributed by atoms with E-state index in [0.717, 1.165) is 6.54 Å². The van der Waals surface area contributed by atoms with E-state index in [1.54, 1.807) is 0 Å². The first-order valence-corrected chi connectivity index (χ1v) is 4.97. The third kappa shape index (κ3) is 3.39. The zero-order chi connectivity index (χ0) is 10.6. The second kappa shape index (κ2) is 4.47. The zero-order valence-electron chi connectivity index (χ0n) is 8.89. The Morgan fingerprint density at radius 3 is 2.79 bits per heavy atom. The van der Waals surface area contributed by atoms with Gasteiger partial charge >= 0.3 is 0 Å². The van der Waals surface area contributed by atoms with Crippen LogP contribution >= 0.6 is 0 Å². The lowest BCUT2D eigenvalue weighted by atomic mass is 10.1. The smallest absolute Gasteiger partial charge is 0.233 e. The monoisotopic (exact) mass is 194 g/mol. The number of carbonyl (C=O) groups is 1. The topological polar surface area (TPSA) is 41.1 Å². The van der Waals surface area contributed by atoms with Crippen molar-refractivity contribution < 1.29 is 4.79 Å². The highest BCUT2D eigenvalue weighted by atomic mass is 16.1. The van der Waals surface area contributed by atoms with E-state index in [1.807, 2.05) is 0 Å². The Kier molecular flexibility index (Phi) is 3.54. The summed E-state index contributed by atoms with van der Waals surface area (Å²) in [6, 6.07) is 0. The molecular weight excluding hydrogens is 176 g/mol. The summed E-state index contributed by atoms with van der Waals surface area (Å²) in [5.74, 6) is 3.10. The quantitative estimate of drug-likeness (QED) is 0.490. The summed E-state index contributed by atoms with van der Waals surface area (Å²) in [5.41, 5.74) is 0.430. The van der Waals surface area contributed by atoms with Crippen LogP contribution < -0.4 is 10.6 Å². The van der Waals surface area contributed by atoms with Crippen LogP contribution in [0.1, 0.15) is 20.3 Å². The van der Waals surface area contributed by atoms with Gasteiger partial charge < -0.3 is 5.32 Å². The number of amides is 1. The van der Waals surface area contributed by atoms with Gasteiger partial charge in [-0.3, -0.25) is 10.1 Å².